The minimum Gasteiger partial charge on any atom is -0.382 e. The number of halogens is 1. The van der Waals surface area contributed by atoms with Crippen LogP contribution in [0.2, 0.25) is 5.02 Å². The average Bonchev–Trinajstić information content (AvgIpc) is 3.31. The molecule has 27 heavy (non-hydrogen) atoms. The lowest BCUT2D eigenvalue weighted by Crippen LogP contribution is -2.40. The summed E-state index contributed by atoms with van der Waals surface area (Å²) >= 11 is 6.29. The summed E-state index contributed by atoms with van der Waals surface area (Å²) in [5.41, 5.74) is 8.81. The Kier molecular flexibility index (Phi) is 3.91. The Morgan fingerprint density at radius 2 is 2.07 bits per heavy atom. The number of nitrogen functional groups attached to an aromatic ring is 1. The maximum Gasteiger partial charge on any atom is 0.177 e. The molecular formula is C18H20ClN7O. The quantitative estimate of drug-likeness (QED) is 0.698. The first-order chi connectivity index (χ1) is 13.2. The second-order valence-corrected chi connectivity index (χ2v) is 7.72. The predicted molar refractivity (Wildman–Crippen MR) is 104 cm³/mol. The van der Waals surface area contributed by atoms with Gasteiger partial charge in [-0.05, 0) is 30.7 Å². The lowest BCUT2D eigenvalue weighted by Gasteiger charge is -2.38. The van der Waals surface area contributed by atoms with Gasteiger partial charge in [0.1, 0.15) is 22.8 Å². The maximum atomic E-state index is 6.29. The molecule has 0 aromatic carbocycles. The third kappa shape index (κ3) is 2.80. The van der Waals surface area contributed by atoms with Crippen molar-refractivity contribution in [1.29, 1.82) is 0 Å². The van der Waals surface area contributed by atoms with E-state index in [1.165, 1.54) is 6.42 Å². The summed E-state index contributed by atoms with van der Waals surface area (Å²) in [6.07, 6.45) is 6.85. The number of ether oxygens (including phenoxy) is 1. The summed E-state index contributed by atoms with van der Waals surface area (Å²) in [6.45, 7) is 3.73. The Balaban J connectivity index is 1.43. The fourth-order valence-corrected chi connectivity index (χ4v) is 4.23. The van der Waals surface area contributed by atoms with Crippen LogP contribution in [-0.2, 0) is 4.74 Å². The maximum absolute atomic E-state index is 6.29. The summed E-state index contributed by atoms with van der Waals surface area (Å²) in [7, 11) is 0. The van der Waals surface area contributed by atoms with Crippen LogP contribution in [0, 0.1) is 5.41 Å². The highest BCUT2D eigenvalue weighted by atomic mass is 35.5. The molecule has 1 spiro atoms. The molecular weight excluding hydrogens is 366 g/mol. The number of H-pyrrole nitrogens is 1. The monoisotopic (exact) mass is 385 g/mol. The highest BCUT2D eigenvalue weighted by molar-refractivity contribution is 6.35. The molecule has 5 rings (SSSR count). The molecule has 2 fully saturated rings. The molecule has 8 nitrogen and oxygen atoms in total. The molecule has 0 unspecified atom stereocenters. The number of piperidine rings is 1. The van der Waals surface area contributed by atoms with E-state index in [-0.39, 0.29) is 5.82 Å². The Hall–Kier alpha value is -2.45. The molecule has 9 heteroatoms. The van der Waals surface area contributed by atoms with Gasteiger partial charge in [-0.1, -0.05) is 11.6 Å². The average molecular weight is 386 g/mol. The minimum atomic E-state index is 0.271. The molecule has 0 saturated carbocycles. The number of nitrogens with zero attached hydrogens (tertiary/aromatic N) is 5. The number of nitrogens with two attached hydrogens (primary N) is 1. The van der Waals surface area contributed by atoms with Gasteiger partial charge in [0.05, 0.1) is 17.8 Å². The van der Waals surface area contributed by atoms with Crippen molar-refractivity contribution in [2.45, 2.75) is 19.3 Å². The summed E-state index contributed by atoms with van der Waals surface area (Å²) < 4.78 is 5.62. The molecule has 2 aliphatic heterocycles. The molecule has 5 heterocycles. The Bertz CT molecular complexity index is 989. The normalized spacial score (nSPS) is 19.2. The van der Waals surface area contributed by atoms with Gasteiger partial charge in [0.15, 0.2) is 5.65 Å². The van der Waals surface area contributed by atoms with Crippen molar-refractivity contribution in [3.63, 3.8) is 0 Å². The molecule has 3 aromatic rings. The first-order valence-electron chi connectivity index (χ1n) is 9.09. The number of rotatable bonds is 2. The number of nitrogens with one attached hydrogen (secondary N) is 1. The van der Waals surface area contributed by atoms with Gasteiger partial charge < -0.3 is 15.4 Å². The fourth-order valence-electron chi connectivity index (χ4n) is 4.03. The van der Waals surface area contributed by atoms with Crippen molar-refractivity contribution in [2.24, 2.45) is 5.41 Å². The summed E-state index contributed by atoms with van der Waals surface area (Å²) in [5, 5.41) is 7.70. The van der Waals surface area contributed by atoms with Crippen molar-refractivity contribution in [3.05, 3.63) is 23.5 Å². The molecule has 0 amide bonds. The highest BCUT2D eigenvalue weighted by Crippen LogP contribution is 2.40. The smallest absolute Gasteiger partial charge is 0.177 e. The molecule has 0 radical (unpaired) electrons. The van der Waals surface area contributed by atoms with E-state index in [1.807, 2.05) is 6.20 Å². The second kappa shape index (κ2) is 6.31. The zero-order chi connectivity index (χ0) is 18.4. The van der Waals surface area contributed by atoms with E-state index < -0.39 is 0 Å². The Morgan fingerprint density at radius 3 is 2.85 bits per heavy atom. The van der Waals surface area contributed by atoms with E-state index in [0.29, 0.717) is 32.9 Å². The van der Waals surface area contributed by atoms with Gasteiger partial charge in [0.2, 0.25) is 0 Å². The van der Waals surface area contributed by atoms with E-state index in [1.54, 1.807) is 12.3 Å². The molecule has 2 saturated heterocycles. The number of anilines is 2. The molecule has 140 valence electrons. The van der Waals surface area contributed by atoms with E-state index in [4.69, 9.17) is 27.1 Å². The van der Waals surface area contributed by atoms with Gasteiger partial charge in [-0.3, -0.25) is 5.10 Å². The molecule has 0 atom stereocenters. The van der Waals surface area contributed by atoms with Crippen molar-refractivity contribution in [3.8, 4) is 11.3 Å². The largest absolute Gasteiger partial charge is 0.382 e. The van der Waals surface area contributed by atoms with E-state index in [9.17, 15) is 0 Å². The van der Waals surface area contributed by atoms with Crippen LogP contribution in [-0.4, -0.2) is 51.5 Å². The summed E-state index contributed by atoms with van der Waals surface area (Å²) in [5.74, 6) is 1.14. The summed E-state index contributed by atoms with van der Waals surface area (Å²) in [6, 6.07) is 1.78. The lowest BCUT2D eigenvalue weighted by molar-refractivity contribution is 0.133. The SMILES string of the molecule is Nc1nccc(-c2n[nH]c3nc(N4CCC5(CCOC5)CC4)cnc23)c1Cl. The van der Waals surface area contributed by atoms with E-state index in [2.05, 4.69) is 25.1 Å². The van der Waals surface area contributed by atoms with Crippen molar-refractivity contribution in [2.75, 3.05) is 36.9 Å². The fraction of sp³-hybridized carbons (Fsp3) is 0.444. The van der Waals surface area contributed by atoms with Crippen LogP contribution in [0.3, 0.4) is 0 Å². The number of aromatic nitrogens is 5. The third-order valence-corrected chi connectivity index (χ3v) is 6.16. The van der Waals surface area contributed by atoms with Crippen molar-refractivity contribution >= 4 is 34.4 Å². The van der Waals surface area contributed by atoms with Crippen LogP contribution >= 0.6 is 11.6 Å². The van der Waals surface area contributed by atoms with Crippen LogP contribution in [0.4, 0.5) is 11.6 Å². The van der Waals surface area contributed by atoms with Gasteiger partial charge >= 0.3 is 0 Å². The van der Waals surface area contributed by atoms with E-state index in [0.717, 1.165) is 45.0 Å². The number of hydrogen-bond acceptors (Lipinski definition) is 7. The molecule has 3 aromatic heterocycles. The first-order valence-corrected chi connectivity index (χ1v) is 9.47. The standard InChI is InChI=1S/C18H20ClN7O/c19-13-11(1-5-21-16(13)20)14-15-17(25-24-14)23-12(9-22-15)26-6-2-18(3-7-26)4-8-27-10-18/h1,5,9H,2-4,6-8,10H2,(H2,20,21)(H,23,24,25). The highest BCUT2D eigenvalue weighted by Gasteiger charge is 2.38. The predicted octanol–water partition coefficient (Wildman–Crippen LogP) is 2.66. The molecule has 3 N–H and O–H groups in total. The third-order valence-electron chi connectivity index (χ3n) is 5.76. The van der Waals surface area contributed by atoms with Crippen LogP contribution in [0.15, 0.2) is 18.5 Å². The van der Waals surface area contributed by atoms with Gasteiger partial charge in [0.25, 0.3) is 0 Å². The van der Waals surface area contributed by atoms with Crippen LogP contribution in [0.5, 0.6) is 0 Å². The molecule has 0 aliphatic carbocycles. The van der Waals surface area contributed by atoms with E-state index >= 15 is 0 Å². The summed E-state index contributed by atoms with van der Waals surface area (Å²) in [4.78, 5) is 15.6. The Morgan fingerprint density at radius 1 is 1.22 bits per heavy atom. The topological polar surface area (TPSA) is 106 Å². The zero-order valence-corrected chi connectivity index (χ0v) is 15.5. The number of hydrogen-bond donors (Lipinski definition) is 2. The number of fused-ring (bicyclic) bond motifs is 1. The van der Waals surface area contributed by atoms with Gasteiger partial charge in [-0.2, -0.15) is 5.10 Å². The van der Waals surface area contributed by atoms with Gasteiger partial charge in [-0.25, -0.2) is 15.0 Å². The van der Waals surface area contributed by atoms with Crippen LogP contribution in [0.1, 0.15) is 19.3 Å². The van der Waals surface area contributed by atoms with Crippen LogP contribution in [0.25, 0.3) is 22.4 Å². The van der Waals surface area contributed by atoms with Gasteiger partial charge in [-0.15, -0.1) is 0 Å². The van der Waals surface area contributed by atoms with Crippen molar-refractivity contribution < 1.29 is 4.74 Å². The second-order valence-electron chi connectivity index (χ2n) is 7.34. The Labute approximate surface area is 161 Å². The number of pyridine rings is 1. The van der Waals surface area contributed by atoms with Gasteiger partial charge in [0, 0.05) is 31.5 Å². The minimum absolute atomic E-state index is 0.271. The molecule has 2 aliphatic rings. The van der Waals surface area contributed by atoms with Crippen LogP contribution < -0.4 is 10.6 Å². The lowest BCUT2D eigenvalue weighted by atomic mass is 9.78. The van der Waals surface area contributed by atoms with Crippen molar-refractivity contribution in [1.82, 2.24) is 25.1 Å². The molecule has 0 bridgehead atoms. The first kappa shape index (κ1) is 16.7. The number of aromatic amines is 1. The zero-order valence-electron chi connectivity index (χ0n) is 14.8.